The molecule has 0 unspecified atom stereocenters. The number of hydrogen-bond acceptors (Lipinski definition) is 13. The van der Waals surface area contributed by atoms with E-state index in [1.165, 1.54) is 39.0 Å². The summed E-state index contributed by atoms with van der Waals surface area (Å²) in [7, 11) is 0. The van der Waals surface area contributed by atoms with E-state index in [-0.39, 0.29) is 6.61 Å². The Morgan fingerprint density at radius 1 is 0.857 bits per heavy atom. The van der Waals surface area contributed by atoms with E-state index in [1.54, 1.807) is 0 Å². The van der Waals surface area contributed by atoms with Crippen molar-refractivity contribution in [3.63, 3.8) is 0 Å². The molecule has 2 heterocycles. The molecule has 1 aromatic heterocycles. The molecule has 13 heteroatoms. The van der Waals surface area contributed by atoms with Crippen LogP contribution < -0.4 is 0 Å². The third-order valence-electron chi connectivity index (χ3n) is 4.59. The molecule has 3 rings (SSSR count). The van der Waals surface area contributed by atoms with Gasteiger partial charge in [-0.15, -0.1) is 10.2 Å². The zero-order chi connectivity index (χ0) is 25.5. The predicted octanol–water partition coefficient (Wildman–Crippen LogP) is 2.38. The number of hydrogen-bond donors (Lipinski definition) is 0. The normalized spacial score (nSPS) is 23.7. The van der Waals surface area contributed by atoms with Gasteiger partial charge in [0.25, 0.3) is 0 Å². The smallest absolute Gasteiger partial charge is 0.303 e. The summed E-state index contributed by atoms with van der Waals surface area (Å²) in [6, 6.07) is 9.43. The van der Waals surface area contributed by atoms with E-state index < -0.39 is 53.7 Å². The monoisotopic (exact) mass is 524 g/mol. The molecule has 11 nitrogen and oxygen atoms in total. The molecule has 0 saturated carbocycles. The maximum Gasteiger partial charge on any atom is 0.303 e. The Labute approximate surface area is 209 Å². The van der Waals surface area contributed by atoms with E-state index in [2.05, 4.69) is 10.2 Å². The van der Waals surface area contributed by atoms with Gasteiger partial charge in [-0.05, 0) is 0 Å². The molecule has 2 aromatic rings. The van der Waals surface area contributed by atoms with Gasteiger partial charge in [0.15, 0.2) is 28.1 Å². The maximum atomic E-state index is 11.9. The molecular formula is C22H24N2O9S2. The summed E-state index contributed by atoms with van der Waals surface area (Å²) in [6.07, 6.45) is -4.61. The minimum atomic E-state index is -1.23. The minimum Gasteiger partial charge on any atom is -0.463 e. The number of carbonyl (C=O) groups is 4. The molecular weight excluding hydrogens is 500 g/mol. The van der Waals surface area contributed by atoms with Gasteiger partial charge in [-0.1, -0.05) is 53.4 Å². The van der Waals surface area contributed by atoms with E-state index >= 15 is 0 Å². The highest BCUT2D eigenvalue weighted by atomic mass is 32.2. The van der Waals surface area contributed by atoms with Gasteiger partial charge < -0.3 is 23.7 Å². The van der Waals surface area contributed by atoms with Crippen molar-refractivity contribution in [2.45, 2.75) is 61.9 Å². The van der Waals surface area contributed by atoms with Crippen molar-refractivity contribution < 1.29 is 42.9 Å². The van der Waals surface area contributed by atoms with Crippen LogP contribution in [0.3, 0.4) is 0 Å². The van der Waals surface area contributed by atoms with Crippen LogP contribution in [-0.2, 0) is 42.9 Å². The van der Waals surface area contributed by atoms with Gasteiger partial charge in [-0.3, -0.25) is 19.2 Å². The molecule has 1 aliphatic rings. The van der Waals surface area contributed by atoms with Crippen LogP contribution in [0.5, 0.6) is 0 Å². The molecule has 0 aliphatic carbocycles. The lowest BCUT2D eigenvalue weighted by Crippen LogP contribution is -2.61. The first-order valence-electron chi connectivity index (χ1n) is 10.5. The van der Waals surface area contributed by atoms with Gasteiger partial charge in [0.05, 0.1) is 0 Å². The van der Waals surface area contributed by atoms with Crippen LogP contribution >= 0.6 is 23.1 Å². The summed E-state index contributed by atoms with van der Waals surface area (Å²) >= 11 is 2.38. The number of rotatable bonds is 8. The van der Waals surface area contributed by atoms with Gasteiger partial charge in [0.1, 0.15) is 17.7 Å². The third kappa shape index (κ3) is 7.47. The average Bonchev–Trinajstić information content (AvgIpc) is 3.25. The van der Waals surface area contributed by atoms with E-state index in [0.29, 0.717) is 9.35 Å². The summed E-state index contributed by atoms with van der Waals surface area (Å²) in [6.45, 7) is 4.46. The van der Waals surface area contributed by atoms with Crippen molar-refractivity contribution in [3.8, 4) is 10.6 Å². The largest absolute Gasteiger partial charge is 0.463 e. The Hall–Kier alpha value is -3.03. The van der Waals surface area contributed by atoms with E-state index in [1.807, 2.05) is 30.3 Å². The Balaban J connectivity index is 1.94. The molecule has 1 aromatic carbocycles. The van der Waals surface area contributed by atoms with Crippen molar-refractivity contribution in [2.75, 3.05) is 6.61 Å². The molecule has 0 N–H and O–H groups in total. The zero-order valence-corrected chi connectivity index (χ0v) is 21.0. The molecule has 1 aliphatic heterocycles. The van der Waals surface area contributed by atoms with E-state index in [4.69, 9.17) is 23.7 Å². The minimum absolute atomic E-state index is 0.291. The summed E-state index contributed by atoms with van der Waals surface area (Å²) in [4.78, 5) is 47.1. The van der Waals surface area contributed by atoms with Crippen molar-refractivity contribution in [2.24, 2.45) is 0 Å². The van der Waals surface area contributed by atoms with Crippen molar-refractivity contribution in [1.29, 1.82) is 0 Å². The molecule has 0 spiro atoms. The number of carbonyl (C=O) groups excluding carboxylic acids is 4. The second kappa shape index (κ2) is 12.1. The lowest BCUT2D eigenvalue weighted by molar-refractivity contribution is -0.237. The number of benzene rings is 1. The molecule has 5 atom stereocenters. The molecule has 1 saturated heterocycles. The quantitative estimate of drug-likeness (QED) is 0.370. The third-order valence-corrected chi connectivity index (χ3v) is 6.79. The van der Waals surface area contributed by atoms with E-state index in [0.717, 1.165) is 17.3 Å². The Kier molecular flexibility index (Phi) is 9.18. The fourth-order valence-corrected chi connectivity index (χ4v) is 5.46. The lowest BCUT2D eigenvalue weighted by atomic mass is 9.99. The second-order valence-electron chi connectivity index (χ2n) is 7.42. The highest BCUT2D eigenvalue weighted by Crippen LogP contribution is 2.39. The maximum absolute atomic E-state index is 11.9. The predicted molar refractivity (Wildman–Crippen MR) is 123 cm³/mol. The Morgan fingerprint density at radius 3 is 2.06 bits per heavy atom. The van der Waals surface area contributed by atoms with Crippen molar-refractivity contribution >= 4 is 47.0 Å². The van der Waals surface area contributed by atoms with Crippen LogP contribution in [0.25, 0.3) is 10.6 Å². The second-order valence-corrected chi connectivity index (χ2v) is 9.75. The standard InChI is InChI=1S/C22H24N2O9S2/c1-11(25)29-10-16-17(30-12(2)26)18(31-13(3)27)19(32-14(4)28)21(33-16)35-22-24-23-20(34-22)15-8-6-5-7-9-15/h5-9,16-19,21H,10H2,1-4H3/t16-,17-,18+,19-,21+/m1/s1. The first-order chi connectivity index (χ1) is 16.6. The number of aromatic nitrogens is 2. The SMILES string of the molecule is CC(=O)OC[C@H]1O[C@@H](Sc2nnc(-c3ccccc3)s2)[C@H](OC(C)=O)[C@@H](OC(C)=O)[C@@H]1OC(C)=O. The summed E-state index contributed by atoms with van der Waals surface area (Å²) in [5, 5.41) is 9.05. The van der Waals surface area contributed by atoms with Gasteiger partial charge in [0, 0.05) is 33.3 Å². The van der Waals surface area contributed by atoms with Crippen LogP contribution in [0.15, 0.2) is 34.7 Å². The van der Waals surface area contributed by atoms with Crippen molar-refractivity contribution in [1.82, 2.24) is 10.2 Å². The molecule has 0 amide bonds. The fraction of sp³-hybridized carbons (Fsp3) is 0.455. The summed E-state index contributed by atoms with van der Waals surface area (Å²) in [5.74, 6) is -2.62. The zero-order valence-electron chi connectivity index (χ0n) is 19.4. The van der Waals surface area contributed by atoms with Gasteiger partial charge >= 0.3 is 23.9 Å². The lowest BCUT2D eigenvalue weighted by Gasteiger charge is -2.43. The van der Waals surface area contributed by atoms with Crippen LogP contribution in [-0.4, -0.2) is 70.5 Å². The molecule has 0 bridgehead atoms. The molecule has 1 fully saturated rings. The Morgan fingerprint density at radius 2 is 1.46 bits per heavy atom. The van der Waals surface area contributed by atoms with Gasteiger partial charge in [0.2, 0.25) is 0 Å². The highest BCUT2D eigenvalue weighted by molar-refractivity contribution is 8.01. The van der Waals surface area contributed by atoms with Crippen LogP contribution in [0, 0.1) is 0 Å². The molecule has 35 heavy (non-hydrogen) atoms. The van der Waals surface area contributed by atoms with Gasteiger partial charge in [-0.25, -0.2) is 0 Å². The van der Waals surface area contributed by atoms with Crippen LogP contribution in [0.4, 0.5) is 0 Å². The topological polar surface area (TPSA) is 140 Å². The number of esters is 4. The first kappa shape index (κ1) is 26.6. The van der Waals surface area contributed by atoms with Crippen LogP contribution in [0.2, 0.25) is 0 Å². The molecule has 0 radical (unpaired) electrons. The summed E-state index contributed by atoms with van der Waals surface area (Å²) in [5.41, 5.74) is -0.0782. The number of nitrogens with zero attached hydrogens (tertiary/aromatic N) is 2. The Bertz CT molecular complexity index is 1060. The van der Waals surface area contributed by atoms with E-state index in [9.17, 15) is 19.2 Å². The highest BCUT2D eigenvalue weighted by Gasteiger charge is 2.52. The average molecular weight is 525 g/mol. The van der Waals surface area contributed by atoms with Crippen LogP contribution in [0.1, 0.15) is 27.7 Å². The molecule has 188 valence electrons. The number of thioether (sulfide) groups is 1. The van der Waals surface area contributed by atoms with Gasteiger partial charge in [-0.2, -0.15) is 0 Å². The summed E-state index contributed by atoms with van der Waals surface area (Å²) < 4.78 is 27.9. The number of ether oxygens (including phenoxy) is 5. The van der Waals surface area contributed by atoms with Crippen molar-refractivity contribution in [3.05, 3.63) is 30.3 Å². The fourth-order valence-electron chi connectivity index (χ4n) is 3.34. The first-order valence-corrected chi connectivity index (χ1v) is 12.2.